The maximum Gasteiger partial charge on any atom is 0.322 e. The topological polar surface area (TPSA) is 153 Å². The number of carbonyl (C=O) groups is 2. The van der Waals surface area contributed by atoms with E-state index in [4.69, 9.17) is 5.11 Å². The van der Waals surface area contributed by atoms with Crippen LogP contribution in [-0.4, -0.2) is 64.1 Å². The van der Waals surface area contributed by atoms with E-state index in [9.17, 15) is 14.7 Å². The fraction of sp³-hybridized carbons (Fsp3) is 0.440. The molecule has 2 aromatic rings. The molecule has 0 saturated carbocycles. The van der Waals surface area contributed by atoms with Gasteiger partial charge in [-0.15, -0.1) is 0 Å². The predicted octanol–water partition coefficient (Wildman–Crippen LogP) is 1.40. The quantitative estimate of drug-likeness (QED) is 0.543. The molecule has 7 N–H and O–H groups in total. The van der Waals surface area contributed by atoms with Crippen molar-refractivity contribution >= 4 is 11.9 Å². The zero-order chi connectivity index (χ0) is 22.4. The van der Waals surface area contributed by atoms with Gasteiger partial charge < -0.3 is 31.4 Å². The van der Waals surface area contributed by atoms with Gasteiger partial charge in [-0.2, -0.15) is 0 Å². The van der Waals surface area contributed by atoms with Gasteiger partial charge in [-0.3, -0.25) is 9.59 Å². The molecule has 0 unspecified atom stereocenters. The number of hydrogen-bond acceptors (Lipinski definition) is 4. The van der Waals surface area contributed by atoms with E-state index in [1.165, 1.54) is 0 Å². The van der Waals surface area contributed by atoms with Crippen molar-refractivity contribution in [3.05, 3.63) is 65.7 Å². The largest absolute Gasteiger partial charge is 0.508 e. The number of benzene rings is 2. The number of nitrogens with one attached hydrogen (secondary N) is 1. The van der Waals surface area contributed by atoms with Crippen LogP contribution < -0.4 is 5.32 Å². The number of phenolic OH excluding ortho intramolecular Hbond substituents is 1. The van der Waals surface area contributed by atoms with E-state index in [2.05, 4.69) is 30.1 Å². The average molecular weight is 461 g/mol. The molecule has 3 atom stereocenters. The second-order valence-corrected chi connectivity index (χ2v) is 8.88. The smallest absolute Gasteiger partial charge is 0.322 e. The van der Waals surface area contributed by atoms with Crippen LogP contribution in [0.2, 0.25) is 0 Å². The number of carbonyl (C=O) groups excluding carboxylic acids is 1. The van der Waals surface area contributed by atoms with Crippen LogP contribution in [0.5, 0.6) is 5.75 Å². The van der Waals surface area contributed by atoms with Crippen molar-refractivity contribution in [3.63, 3.8) is 0 Å². The van der Waals surface area contributed by atoms with Crippen LogP contribution in [-0.2, 0) is 21.4 Å². The molecule has 1 fully saturated rings. The first kappa shape index (κ1) is 28.1. The summed E-state index contributed by atoms with van der Waals surface area (Å²) in [7, 11) is 0. The summed E-state index contributed by atoms with van der Waals surface area (Å²) < 4.78 is 0. The normalized spacial score (nSPS) is 21.2. The number of hydrogen-bond donors (Lipinski definition) is 3. The minimum absolute atomic E-state index is 0. The van der Waals surface area contributed by atoms with Crippen molar-refractivity contribution < 1.29 is 30.8 Å². The van der Waals surface area contributed by atoms with E-state index in [-0.39, 0.29) is 40.5 Å². The first-order valence-electron chi connectivity index (χ1n) is 10.8. The van der Waals surface area contributed by atoms with E-state index >= 15 is 0 Å². The van der Waals surface area contributed by atoms with Gasteiger partial charge in [0.05, 0.1) is 5.92 Å². The fourth-order valence-corrected chi connectivity index (χ4v) is 4.53. The van der Waals surface area contributed by atoms with Crippen LogP contribution in [0.3, 0.4) is 0 Å². The first-order chi connectivity index (χ1) is 14.8. The van der Waals surface area contributed by atoms with Crippen LogP contribution in [0.1, 0.15) is 31.4 Å². The Labute approximate surface area is 194 Å². The van der Waals surface area contributed by atoms with Crippen molar-refractivity contribution in [2.75, 3.05) is 26.2 Å². The molecular weight excluding hydrogens is 424 g/mol. The lowest BCUT2D eigenvalue weighted by molar-refractivity contribution is -0.138. The van der Waals surface area contributed by atoms with Crippen molar-refractivity contribution in [1.82, 2.24) is 10.2 Å². The molecule has 182 valence electrons. The molecule has 1 amide bonds. The second kappa shape index (κ2) is 12.3. The molecule has 0 spiro atoms. The number of aliphatic carboxylic acids is 1. The molecule has 1 saturated heterocycles. The number of aromatic hydroxyl groups is 1. The number of rotatable bonds is 8. The molecule has 0 bridgehead atoms. The molecule has 2 aromatic carbocycles. The van der Waals surface area contributed by atoms with E-state index in [0.717, 1.165) is 30.6 Å². The molecule has 1 aliphatic rings. The number of amides is 1. The summed E-state index contributed by atoms with van der Waals surface area (Å²) in [6.07, 6.45) is 1.49. The lowest BCUT2D eigenvalue weighted by Gasteiger charge is -2.45. The third-order valence-electron chi connectivity index (χ3n) is 6.66. The lowest BCUT2D eigenvalue weighted by Crippen LogP contribution is -2.50. The van der Waals surface area contributed by atoms with Crippen LogP contribution in [0.15, 0.2) is 54.6 Å². The Kier molecular flexibility index (Phi) is 10.5. The Morgan fingerprint density at radius 2 is 1.85 bits per heavy atom. The molecule has 0 aromatic heterocycles. The second-order valence-electron chi connectivity index (χ2n) is 8.88. The highest BCUT2D eigenvalue weighted by molar-refractivity contribution is 5.83. The average Bonchev–Trinajstić information content (AvgIpc) is 2.75. The third-order valence-corrected chi connectivity index (χ3v) is 6.66. The summed E-state index contributed by atoms with van der Waals surface area (Å²) in [5.41, 5.74) is 2.16. The minimum Gasteiger partial charge on any atom is -0.508 e. The minimum atomic E-state index is -1.04. The predicted molar refractivity (Wildman–Crippen MR) is 127 cm³/mol. The summed E-state index contributed by atoms with van der Waals surface area (Å²) >= 11 is 0. The number of carboxylic acids is 1. The molecule has 1 aliphatic heterocycles. The maximum absolute atomic E-state index is 12.8. The van der Waals surface area contributed by atoms with Gasteiger partial charge >= 0.3 is 5.97 Å². The van der Waals surface area contributed by atoms with Crippen LogP contribution in [0.25, 0.3) is 0 Å². The summed E-state index contributed by atoms with van der Waals surface area (Å²) in [5, 5.41) is 21.4. The lowest BCUT2D eigenvalue weighted by atomic mass is 9.68. The first-order valence-corrected chi connectivity index (χ1v) is 10.8. The van der Waals surface area contributed by atoms with Gasteiger partial charge in [0.25, 0.3) is 0 Å². The summed E-state index contributed by atoms with van der Waals surface area (Å²) in [6.45, 7) is 6.35. The number of nitrogens with zero attached hydrogens (tertiary/aromatic N) is 1. The van der Waals surface area contributed by atoms with E-state index in [0.29, 0.717) is 18.9 Å². The third kappa shape index (κ3) is 7.28. The summed E-state index contributed by atoms with van der Waals surface area (Å²) in [4.78, 5) is 26.0. The van der Waals surface area contributed by atoms with Crippen molar-refractivity contribution in [3.8, 4) is 5.75 Å². The number of likely N-dealkylation sites (tertiary alicyclic amines) is 1. The molecule has 0 aliphatic carbocycles. The Balaban J connectivity index is 0.00000272. The van der Waals surface area contributed by atoms with Crippen LogP contribution in [0.4, 0.5) is 0 Å². The molecule has 0 radical (unpaired) electrons. The maximum atomic E-state index is 12.8. The molecule has 8 nitrogen and oxygen atoms in total. The van der Waals surface area contributed by atoms with E-state index in [1.807, 2.05) is 42.5 Å². The molecule has 8 heteroatoms. The van der Waals surface area contributed by atoms with Gasteiger partial charge in [0.15, 0.2) is 0 Å². The highest BCUT2D eigenvalue weighted by Crippen LogP contribution is 2.40. The van der Waals surface area contributed by atoms with Crippen molar-refractivity contribution in [2.45, 2.75) is 32.1 Å². The number of carboxylic acid groups (broad SMARTS) is 1. The van der Waals surface area contributed by atoms with Crippen molar-refractivity contribution in [2.24, 2.45) is 11.8 Å². The number of piperidine rings is 1. The molecule has 1 heterocycles. The standard InChI is InChI=1S/C25H32N2O4.2H2O/c1-18-16-27(12-11-25(18,2)21-9-6-10-22(28)14-21)17-20(24(31)26-15-23(29)30)13-19-7-4-3-5-8-19;;/h3-10,14,18,20,28H,11-13,15-17H2,1-2H3,(H,26,31)(H,29,30);2*1H2/t18-,20-,25+;;/m1../s1. The van der Waals surface area contributed by atoms with Gasteiger partial charge in [0.2, 0.25) is 5.91 Å². The SMILES string of the molecule is C[C@@H]1CN(C[C@@H](Cc2ccccc2)C(=O)NCC(=O)O)CC[C@]1(C)c1cccc(O)c1.O.O. The number of phenols is 1. The molecule has 33 heavy (non-hydrogen) atoms. The van der Waals surface area contributed by atoms with Gasteiger partial charge in [0, 0.05) is 13.1 Å². The van der Waals surface area contributed by atoms with Crippen LogP contribution >= 0.6 is 0 Å². The Morgan fingerprint density at radius 3 is 2.45 bits per heavy atom. The Hall–Kier alpha value is -2.94. The highest BCUT2D eigenvalue weighted by atomic mass is 16.4. The zero-order valence-electron chi connectivity index (χ0n) is 19.3. The van der Waals surface area contributed by atoms with E-state index < -0.39 is 5.97 Å². The summed E-state index contributed by atoms with van der Waals surface area (Å²) in [5.74, 6) is -0.964. The van der Waals surface area contributed by atoms with Gasteiger partial charge in [-0.05, 0) is 54.0 Å². The monoisotopic (exact) mass is 460 g/mol. The molecule has 3 rings (SSSR count). The molecular formula is C25H36N2O6. The van der Waals surface area contributed by atoms with Gasteiger partial charge in [-0.1, -0.05) is 56.3 Å². The summed E-state index contributed by atoms with van der Waals surface area (Å²) in [6, 6.07) is 17.3. The van der Waals surface area contributed by atoms with Gasteiger partial charge in [0.1, 0.15) is 12.3 Å². The van der Waals surface area contributed by atoms with E-state index in [1.54, 1.807) is 6.07 Å². The Bertz CT molecular complexity index is 907. The fourth-order valence-electron chi connectivity index (χ4n) is 4.53. The zero-order valence-corrected chi connectivity index (χ0v) is 19.3. The van der Waals surface area contributed by atoms with Crippen molar-refractivity contribution in [1.29, 1.82) is 0 Å². The Morgan fingerprint density at radius 1 is 1.15 bits per heavy atom. The highest BCUT2D eigenvalue weighted by Gasteiger charge is 2.39. The van der Waals surface area contributed by atoms with Gasteiger partial charge in [-0.25, -0.2) is 0 Å². The van der Waals surface area contributed by atoms with Crippen LogP contribution in [0, 0.1) is 11.8 Å².